The van der Waals surface area contributed by atoms with E-state index in [1.54, 1.807) is 16.7 Å². The molecule has 1 saturated carbocycles. The molecule has 0 radical (unpaired) electrons. The first kappa shape index (κ1) is 18.5. The molecular weight excluding hydrogens is 400 g/mol. The zero-order valence-corrected chi connectivity index (χ0v) is 19.2. The first-order valence-corrected chi connectivity index (χ1v) is 12.5. The number of allylic oxidation sites excluding steroid dienone is 2. The molecule has 33 heavy (non-hydrogen) atoms. The van der Waals surface area contributed by atoms with Gasteiger partial charge in [0.2, 0.25) is 0 Å². The maximum Gasteiger partial charge on any atom is 0.104 e. The van der Waals surface area contributed by atoms with E-state index in [0.717, 1.165) is 0 Å². The Kier molecular flexibility index (Phi) is 3.45. The van der Waals surface area contributed by atoms with Crippen molar-refractivity contribution in [2.45, 2.75) is 43.8 Å². The summed E-state index contributed by atoms with van der Waals surface area (Å²) in [4.78, 5) is 0. The molecule has 2 saturated heterocycles. The summed E-state index contributed by atoms with van der Waals surface area (Å²) in [5.41, 5.74) is 11.8. The van der Waals surface area contributed by atoms with Crippen LogP contribution in [0.15, 0.2) is 96.1 Å². The Labute approximate surface area is 195 Å². The Morgan fingerprint density at radius 1 is 0.788 bits per heavy atom. The van der Waals surface area contributed by atoms with Gasteiger partial charge in [0, 0.05) is 29.6 Å². The van der Waals surface area contributed by atoms with E-state index in [4.69, 9.17) is 4.74 Å². The Morgan fingerprint density at radius 2 is 1.52 bits per heavy atom. The lowest BCUT2D eigenvalue weighted by molar-refractivity contribution is 0.0104. The summed E-state index contributed by atoms with van der Waals surface area (Å²) < 4.78 is 7.06. The molecule has 1 spiro atoms. The van der Waals surface area contributed by atoms with Crippen LogP contribution in [0.3, 0.4) is 0 Å². The van der Waals surface area contributed by atoms with Crippen LogP contribution in [0.4, 0.5) is 0 Å². The molecule has 5 aliphatic rings. The van der Waals surface area contributed by atoms with Crippen LogP contribution < -0.4 is 0 Å². The molecule has 3 aromatic rings. The van der Waals surface area contributed by atoms with Crippen LogP contribution in [0.2, 0.25) is 0 Å². The van der Waals surface area contributed by atoms with Gasteiger partial charge in [-0.05, 0) is 53.7 Å². The summed E-state index contributed by atoms with van der Waals surface area (Å²) in [5.74, 6) is 2.80. The van der Waals surface area contributed by atoms with Crippen molar-refractivity contribution in [2.75, 3.05) is 0 Å². The maximum atomic E-state index is 7.06. The summed E-state index contributed by atoms with van der Waals surface area (Å²) >= 11 is 0. The second-order valence-electron chi connectivity index (χ2n) is 11.0. The normalized spacial score (nSPS) is 36.2. The molecule has 1 heteroatoms. The molecule has 8 rings (SSSR count). The molecule has 162 valence electrons. The van der Waals surface area contributed by atoms with E-state index >= 15 is 0 Å². The minimum absolute atomic E-state index is 0.0768. The van der Waals surface area contributed by atoms with Crippen molar-refractivity contribution >= 4 is 5.57 Å². The first-order valence-electron chi connectivity index (χ1n) is 12.5. The van der Waals surface area contributed by atoms with Gasteiger partial charge in [-0.3, -0.25) is 0 Å². The summed E-state index contributed by atoms with van der Waals surface area (Å²) in [5, 5.41) is 0. The van der Waals surface area contributed by atoms with E-state index in [0.29, 0.717) is 35.7 Å². The third kappa shape index (κ3) is 2.09. The molecule has 0 aromatic heterocycles. The van der Waals surface area contributed by atoms with Crippen LogP contribution in [0.25, 0.3) is 16.7 Å². The van der Waals surface area contributed by atoms with Crippen LogP contribution >= 0.6 is 0 Å². The lowest BCUT2D eigenvalue weighted by Gasteiger charge is -2.50. The van der Waals surface area contributed by atoms with E-state index in [-0.39, 0.29) is 5.60 Å². The van der Waals surface area contributed by atoms with Crippen LogP contribution in [-0.2, 0) is 4.74 Å². The van der Waals surface area contributed by atoms with Gasteiger partial charge in [0.05, 0.1) is 6.10 Å². The van der Waals surface area contributed by atoms with Crippen LogP contribution in [-0.4, -0.2) is 11.7 Å². The smallest absolute Gasteiger partial charge is 0.104 e. The zero-order valence-electron chi connectivity index (χ0n) is 19.2. The molecular formula is C32H28O. The zero-order chi connectivity index (χ0) is 21.9. The Morgan fingerprint density at radius 3 is 2.24 bits per heavy atom. The van der Waals surface area contributed by atoms with Gasteiger partial charge in [0.15, 0.2) is 0 Å². The molecule has 0 amide bonds. The predicted molar refractivity (Wildman–Crippen MR) is 133 cm³/mol. The molecule has 0 N–H and O–H groups in total. The molecule has 4 bridgehead atoms. The molecule has 7 atom stereocenters. The van der Waals surface area contributed by atoms with Gasteiger partial charge in [0.1, 0.15) is 5.60 Å². The number of fused-ring (bicyclic) bond motifs is 10. The van der Waals surface area contributed by atoms with E-state index < -0.39 is 0 Å². The standard InChI is InChI=1S/C32H28O/c1-18(2)27-28-24-15-21(19-9-5-3-6-10-19)13-14-23(24)29(27)31-30(28)26-17-22-16-25(32(22,31)33-26)20-11-7-4-8-12-20/h3-16,22,26,28-31H,17H2,1-2H3/t22?,26?,28?,29?,30?,31?,32-/m1/s1. The van der Waals surface area contributed by atoms with E-state index in [2.05, 4.69) is 98.8 Å². The quantitative estimate of drug-likeness (QED) is 0.387. The van der Waals surface area contributed by atoms with Crippen LogP contribution in [0.1, 0.15) is 48.8 Å². The fourth-order valence-corrected chi connectivity index (χ4v) is 8.48. The SMILES string of the molecule is CC(C)=C1C2c3cc(-c4ccccc4)ccc3C1C1C2C2CC3C=C(c4ccccc4)[C@]31O2. The fraction of sp³-hybridized carbons (Fsp3) is 0.312. The predicted octanol–water partition coefficient (Wildman–Crippen LogP) is 7.37. The number of hydrogen-bond acceptors (Lipinski definition) is 1. The van der Waals surface area contributed by atoms with Gasteiger partial charge in [0.25, 0.3) is 0 Å². The van der Waals surface area contributed by atoms with Crippen molar-refractivity contribution in [3.05, 3.63) is 113 Å². The second kappa shape index (κ2) is 6.15. The third-order valence-corrected chi connectivity index (χ3v) is 9.45. The molecule has 1 nitrogen and oxygen atoms in total. The molecule has 6 unspecified atom stereocenters. The number of hydrogen-bond donors (Lipinski definition) is 0. The first-order chi connectivity index (χ1) is 16.2. The Bertz CT molecular complexity index is 1360. The Hall–Kier alpha value is -2.90. The topological polar surface area (TPSA) is 9.23 Å². The lowest BCUT2D eigenvalue weighted by Crippen LogP contribution is -2.51. The van der Waals surface area contributed by atoms with E-state index in [9.17, 15) is 0 Å². The van der Waals surface area contributed by atoms with E-state index in [1.807, 2.05) is 0 Å². The summed E-state index contributed by atoms with van der Waals surface area (Å²) in [7, 11) is 0. The Balaban J connectivity index is 1.30. The fourth-order valence-electron chi connectivity index (χ4n) is 8.48. The maximum absolute atomic E-state index is 7.06. The van der Waals surface area contributed by atoms with Gasteiger partial charge >= 0.3 is 0 Å². The monoisotopic (exact) mass is 428 g/mol. The van der Waals surface area contributed by atoms with Crippen molar-refractivity contribution in [2.24, 2.45) is 17.8 Å². The van der Waals surface area contributed by atoms with Crippen LogP contribution in [0, 0.1) is 17.8 Å². The van der Waals surface area contributed by atoms with Crippen molar-refractivity contribution in [1.29, 1.82) is 0 Å². The van der Waals surface area contributed by atoms with Gasteiger partial charge in [-0.15, -0.1) is 0 Å². The lowest BCUT2D eigenvalue weighted by atomic mass is 9.52. The van der Waals surface area contributed by atoms with Gasteiger partial charge in [-0.25, -0.2) is 0 Å². The third-order valence-electron chi connectivity index (χ3n) is 9.45. The highest BCUT2D eigenvalue weighted by molar-refractivity contribution is 5.82. The largest absolute Gasteiger partial charge is 0.366 e. The molecule has 3 aliphatic carbocycles. The van der Waals surface area contributed by atoms with Gasteiger partial charge < -0.3 is 4.74 Å². The van der Waals surface area contributed by atoms with Gasteiger partial charge in [-0.2, -0.15) is 0 Å². The van der Waals surface area contributed by atoms with Crippen molar-refractivity contribution < 1.29 is 4.74 Å². The second-order valence-corrected chi connectivity index (χ2v) is 11.0. The summed E-state index contributed by atoms with van der Waals surface area (Å²) in [6.45, 7) is 4.68. The van der Waals surface area contributed by atoms with Crippen molar-refractivity contribution in [1.82, 2.24) is 0 Å². The number of ether oxygens (including phenoxy) is 1. The molecule has 3 fully saturated rings. The van der Waals surface area contributed by atoms with Gasteiger partial charge in [-0.1, -0.05) is 96.1 Å². The molecule has 2 heterocycles. The number of benzene rings is 3. The minimum atomic E-state index is -0.0768. The highest BCUT2D eigenvalue weighted by Gasteiger charge is 2.76. The van der Waals surface area contributed by atoms with Crippen molar-refractivity contribution in [3.63, 3.8) is 0 Å². The molecule has 2 aliphatic heterocycles. The van der Waals surface area contributed by atoms with E-state index in [1.165, 1.54) is 34.3 Å². The highest BCUT2D eigenvalue weighted by atomic mass is 16.5. The summed E-state index contributed by atoms with van der Waals surface area (Å²) in [6.07, 6.45) is 4.11. The average Bonchev–Trinajstić information content (AvgIpc) is 3.54. The highest BCUT2D eigenvalue weighted by Crippen LogP contribution is 2.78. The van der Waals surface area contributed by atoms with Crippen molar-refractivity contribution in [3.8, 4) is 11.1 Å². The summed E-state index contributed by atoms with van der Waals surface area (Å²) in [6, 6.07) is 29.2. The minimum Gasteiger partial charge on any atom is -0.366 e. The molecule has 3 aromatic carbocycles. The average molecular weight is 429 g/mol. The number of rotatable bonds is 2. The van der Waals surface area contributed by atoms with Crippen LogP contribution in [0.5, 0.6) is 0 Å².